The molecule has 0 aromatic heterocycles. The van der Waals surface area contributed by atoms with Crippen LogP contribution in [0.2, 0.25) is 0 Å². The molecule has 0 aliphatic carbocycles. The third-order valence-corrected chi connectivity index (χ3v) is 5.86. The molecule has 1 amide bonds. The lowest BCUT2D eigenvalue weighted by Gasteiger charge is -2.25. The number of hydrogen-bond donors (Lipinski definition) is 1. The molecule has 3 nitrogen and oxygen atoms in total. The minimum atomic E-state index is 0.0756. The van der Waals surface area contributed by atoms with Gasteiger partial charge in [-0.1, -0.05) is 67.1 Å². The maximum Gasteiger partial charge on any atom is 0.238 e. The van der Waals surface area contributed by atoms with Gasteiger partial charge in [-0.25, -0.2) is 0 Å². The van der Waals surface area contributed by atoms with Gasteiger partial charge >= 0.3 is 0 Å². The zero-order valence-corrected chi connectivity index (χ0v) is 15.9. The van der Waals surface area contributed by atoms with Crippen molar-refractivity contribution < 1.29 is 4.79 Å². The van der Waals surface area contributed by atoms with E-state index < -0.39 is 0 Å². The number of nitrogens with zero attached hydrogens (tertiary/aromatic N) is 1. The fraction of sp³-hybridized carbons (Fsp3) is 0.240. The Morgan fingerprint density at radius 1 is 0.750 bits per heavy atom. The van der Waals surface area contributed by atoms with Crippen molar-refractivity contribution in [3.63, 3.8) is 0 Å². The summed E-state index contributed by atoms with van der Waals surface area (Å²) in [5.41, 5.74) is 0.904. The highest BCUT2D eigenvalue weighted by Gasteiger charge is 2.16. The van der Waals surface area contributed by atoms with Gasteiger partial charge in [0, 0.05) is 11.1 Å². The lowest BCUT2D eigenvalue weighted by molar-refractivity contribution is -0.117. The Labute approximate surface area is 164 Å². The second-order valence-corrected chi connectivity index (χ2v) is 7.74. The van der Waals surface area contributed by atoms with Crippen molar-refractivity contribution in [1.82, 2.24) is 4.90 Å². The normalized spacial score (nSPS) is 15.3. The average molecular weight is 368 g/mol. The molecule has 0 unspecified atom stereocenters. The van der Waals surface area contributed by atoms with Crippen LogP contribution in [0.4, 0.5) is 5.69 Å². The first-order valence-electron chi connectivity index (χ1n) is 10.1. The molecule has 0 saturated carbocycles. The third-order valence-electron chi connectivity index (χ3n) is 5.86. The SMILES string of the molecule is O=C(CN1CCCCC1)Nc1cc2c3ccccc3ccc2c2ccccc12. The molecule has 1 aliphatic heterocycles. The van der Waals surface area contributed by atoms with E-state index in [2.05, 4.69) is 70.9 Å². The van der Waals surface area contributed by atoms with Crippen LogP contribution in [0.3, 0.4) is 0 Å². The molecule has 140 valence electrons. The van der Waals surface area contributed by atoms with Crippen molar-refractivity contribution >= 4 is 43.9 Å². The second kappa shape index (κ2) is 7.25. The first-order valence-corrected chi connectivity index (χ1v) is 10.1. The zero-order valence-electron chi connectivity index (χ0n) is 15.9. The summed E-state index contributed by atoms with van der Waals surface area (Å²) >= 11 is 0. The Bertz CT molecular complexity index is 1180. The second-order valence-electron chi connectivity index (χ2n) is 7.74. The Morgan fingerprint density at radius 2 is 1.43 bits per heavy atom. The molecule has 0 spiro atoms. The van der Waals surface area contributed by atoms with E-state index in [0.717, 1.165) is 24.2 Å². The van der Waals surface area contributed by atoms with Crippen molar-refractivity contribution in [3.05, 3.63) is 66.7 Å². The summed E-state index contributed by atoms with van der Waals surface area (Å²) < 4.78 is 0. The number of carbonyl (C=O) groups is 1. The number of fused-ring (bicyclic) bond motifs is 5. The van der Waals surface area contributed by atoms with Crippen LogP contribution in [0, 0.1) is 0 Å². The number of carbonyl (C=O) groups excluding carboxylic acids is 1. The molecule has 1 heterocycles. The molecular weight excluding hydrogens is 344 g/mol. The maximum absolute atomic E-state index is 12.8. The van der Waals surface area contributed by atoms with Gasteiger partial charge < -0.3 is 5.32 Å². The first kappa shape index (κ1) is 17.2. The van der Waals surface area contributed by atoms with E-state index in [-0.39, 0.29) is 5.91 Å². The summed E-state index contributed by atoms with van der Waals surface area (Å²) in [4.78, 5) is 15.0. The number of anilines is 1. The summed E-state index contributed by atoms with van der Waals surface area (Å²) in [5.74, 6) is 0.0756. The van der Waals surface area contributed by atoms with Crippen LogP contribution >= 0.6 is 0 Å². The van der Waals surface area contributed by atoms with Gasteiger partial charge in [0.15, 0.2) is 0 Å². The number of hydrogen-bond acceptors (Lipinski definition) is 2. The standard InChI is InChI=1S/C25H24N2O/c28-25(17-27-14-6-1-7-15-27)26-24-16-23-19-9-3-2-8-18(19)12-13-21(23)20-10-4-5-11-22(20)24/h2-5,8-13,16H,1,6-7,14-15,17H2,(H,26,28). The molecule has 0 radical (unpaired) electrons. The van der Waals surface area contributed by atoms with E-state index in [1.54, 1.807) is 0 Å². The molecule has 28 heavy (non-hydrogen) atoms. The van der Waals surface area contributed by atoms with Gasteiger partial charge in [0.05, 0.1) is 6.54 Å². The molecular formula is C25H24N2O. The monoisotopic (exact) mass is 368 g/mol. The third kappa shape index (κ3) is 3.12. The molecule has 4 aromatic carbocycles. The molecule has 0 atom stereocenters. The number of rotatable bonds is 3. The fourth-order valence-corrected chi connectivity index (χ4v) is 4.47. The minimum absolute atomic E-state index is 0.0756. The van der Waals surface area contributed by atoms with Crippen LogP contribution in [-0.2, 0) is 4.79 Å². The van der Waals surface area contributed by atoms with Gasteiger partial charge in [-0.3, -0.25) is 9.69 Å². The summed E-state index contributed by atoms with van der Waals surface area (Å²) in [5, 5.41) is 10.3. The molecule has 1 aliphatic rings. The molecule has 4 aromatic rings. The highest BCUT2D eigenvalue weighted by atomic mass is 16.2. The van der Waals surface area contributed by atoms with Crippen LogP contribution in [0.25, 0.3) is 32.3 Å². The zero-order chi connectivity index (χ0) is 18.9. The van der Waals surface area contributed by atoms with Gasteiger partial charge in [0.2, 0.25) is 5.91 Å². The summed E-state index contributed by atoms with van der Waals surface area (Å²) in [6, 6.07) is 23.3. The molecule has 5 rings (SSSR count). The highest BCUT2D eigenvalue weighted by Crippen LogP contribution is 2.35. The van der Waals surface area contributed by atoms with E-state index in [1.165, 1.54) is 46.2 Å². The molecule has 3 heteroatoms. The Balaban J connectivity index is 1.60. The lowest BCUT2D eigenvalue weighted by Crippen LogP contribution is -2.36. The number of nitrogens with one attached hydrogen (secondary N) is 1. The summed E-state index contributed by atoms with van der Waals surface area (Å²) in [6.45, 7) is 2.52. The number of likely N-dealkylation sites (tertiary alicyclic amines) is 1. The van der Waals surface area contributed by atoms with Crippen molar-refractivity contribution in [3.8, 4) is 0 Å². The van der Waals surface area contributed by atoms with Gasteiger partial charge in [0.25, 0.3) is 0 Å². The maximum atomic E-state index is 12.8. The van der Waals surface area contributed by atoms with E-state index in [4.69, 9.17) is 0 Å². The van der Waals surface area contributed by atoms with E-state index in [0.29, 0.717) is 6.54 Å². The smallest absolute Gasteiger partial charge is 0.238 e. The quantitative estimate of drug-likeness (QED) is 0.479. The van der Waals surface area contributed by atoms with Crippen molar-refractivity contribution in [2.75, 3.05) is 25.0 Å². The highest BCUT2D eigenvalue weighted by molar-refractivity contribution is 6.21. The predicted molar refractivity (Wildman–Crippen MR) is 118 cm³/mol. The van der Waals surface area contributed by atoms with Gasteiger partial charge in [-0.05, 0) is 58.9 Å². The molecule has 1 N–H and O–H groups in total. The van der Waals surface area contributed by atoms with Crippen LogP contribution in [-0.4, -0.2) is 30.4 Å². The predicted octanol–water partition coefficient (Wildman–Crippen LogP) is 5.57. The lowest BCUT2D eigenvalue weighted by atomic mass is 9.96. The van der Waals surface area contributed by atoms with Crippen LogP contribution in [0.15, 0.2) is 66.7 Å². The van der Waals surface area contributed by atoms with E-state index in [9.17, 15) is 4.79 Å². The average Bonchev–Trinajstić information content (AvgIpc) is 2.74. The number of piperidine rings is 1. The van der Waals surface area contributed by atoms with Crippen LogP contribution < -0.4 is 5.32 Å². The summed E-state index contributed by atoms with van der Waals surface area (Å²) in [6.07, 6.45) is 3.66. The molecule has 0 bridgehead atoms. The van der Waals surface area contributed by atoms with Crippen molar-refractivity contribution in [1.29, 1.82) is 0 Å². The Kier molecular flexibility index (Phi) is 4.46. The Morgan fingerprint density at radius 3 is 2.25 bits per heavy atom. The first-order chi connectivity index (χ1) is 13.8. The number of benzene rings is 4. The number of amides is 1. The van der Waals surface area contributed by atoms with Gasteiger partial charge in [0.1, 0.15) is 0 Å². The topological polar surface area (TPSA) is 32.3 Å². The van der Waals surface area contributed by atoms with E-state index >= 15 is 0 Å². The molecule has 1 fully saturated rings. The van der Waals surface area contributed by atoms with Crippen LogP contribution in [0.5, 0.6) is 0 Å². The minimum Gasteiger partial charge on any atom is -0.324 e. The van der Waals surface area contributed by atoms with Gasteiger partial charge in [-0.15, -0.1) is 0 Å². The van der Waals surface area contributed by atoms with Crippen molar-refractivity contribution in [2.24, 2.45) is 0 Å². The van der Waals surface area contributed by atoms with Crippen LogP contribution in [0.1, 0.15) is 19.3 Å². The van der Waals surface area contributed by atoms with Crippen molar-refractivity contribution in [2.45, 2.75) is 19.3 Å². The summed E-state index contributed by atoms with van der Waals surface area (Å²) in [7, 11) is 0. The fourth-order valence-electron chi connectivity index (χ4n) is 4.47. The largest absolute Gasteiger partial charge is 0.324 e. The Hall–Kier alpha value is -2.91. The molecule has 1 saturated heterocycles. The van der Waals surface area contributed by atoms with Gasteiger partial charge in [-0.2, -0.15) is 0 Å². The van der Waals surface area contributed by atoms with E-state index in [1.807, 2.05) is 6.07 Å².